The van der Waals surface area contributed by atoms with E-state index in [0.717, 1.165) is 22.2 Å². The Morgan fingerprint density at radius 1 is 1.00 bits per heavy atom. The van der Waals surface area contributed by atoms with Crippen molar-refractivity contribution in [3.05, 3.63) is 89.7 Å². The highest BCUT2D eigenvalue weighted by Gasteiger charge is 2.27. The van der Waals surface area contributed by atoms with E-state index in [0.29, 0.717) is 23.7 Å². The van der Waals surface area contributed by atoms with Gasteiger partial charge in [0.1, 0.15) is 18.1 Å². The van der Waals surface area contributed by atoms with Crippen LogP contribution in [0.25, 0.3) is 0 Å². The van der Waals surface area contributed by atoms with E-state index in [-0.39, 0.29) is 4.90 Å². The van der Waals surface area contributed by atoms with Gasteiger partial charge in [-0.25, -0.2) is 12.8 Å². The van der Waals surface area contributed by atoms with Crippen molar-refractivity contribution in [3.63, 3.8) is 0 Å². The van der Waals surface area contributed by atoms with Crippen LogP contribution in [0, 0.1) is 12.7 Å². The summed E-state index contributed by atoms with van der Waals surface area (Å²) in [6.07, 6.45) is 0. The summed E-state index contributed by atoms with van der Waals surface area (Å²) in [6, 6.07) is 19.1. The summed E-state index contributed by atoms with van der Waals surface area (Å²) < 4.78 is 46.0. The molecule has 3 aromatic carbocycles. The fourth-order valence-corrected chi connectivity index (χ4v) is 5.36. The molecule has 34 heavy (non-hydrogen) atoms. The maximum absolute atomic E-state index is 13.3. The van der Waals surface area contributed by atoms with Crippen molar-refractivity contribution in [2.75, 3.05) is 30.3 Å². The number of rotatable bonds is 11. The minimum atomic E-state index is -4.10. The number of methoxy groups -OCH3 is 1. The Hall–Kier alpha value is -3.04. The predicted molar refractivity (Wildman–Crippen MR) is 134 cm³/mol. The number of ether oxygens (including phenoxy) is 1. The number of benzene rings is 3. The summed E-state index contributed by atoms with van der Waals surface area (Å²) in [6.45, 7) is 2.04. The van der Waals surface area contributed by atoms with Gasteiger partial charge in [0.25, 0.3) is 10.0 Å². The van der Waals surface area contributed by atoms with Crippen LogP contribution < -0.4 is 14.4 Å². The second-order valence-corrected chi connectivity index (χ2v) is 10.5. The number of carbonyl (C=O) groups excluding carboxylic acids is 1. The van der Waals surface area contributed by atoms with Gasteiger partial charge in [-0.2, -0.15) is 11.8 Å². The van der Waals surface area contributed by atoms with Gasteiger partial charge >= 0.3 is 0 Å². The zero-order valence-electron chi connectivity index (χ0n) is 19.0. The zero-order valence-corrected chi connectivity index (χ0v) is 20.7. The number of thioether (sulfide) groups is 1. The van der Waals surface area contributed by atoms with Crippen LogP contribution in [0.3, 0.4) is 0 Å². The van der Waals surface area contributed by atoms with Crippen molar-refractivity contribution in [1.82, 2.24) is 5.32 Å². The molecule has 0 saturated heterocycles. The molecule has 0 heterocycles. The Balaban J connectivity index is 1.65. The number of sulfonamides is 1. The van der Waals surface area contributed by atoms with Gasteiger partial charge in [0.2, 0.25) is 5.91 Å². The van der Waals surface area contributed by atoms with E-state index in [1.807, 2.05) is 6.92 Å². The van der Waals surface area contributed by atoms with Crippen LogP contribution in [0.2, 0.25) is 0 Å². The van der Waals surface area contributed by atoms with E-state index in [1.54, 1.807) is 36.0 Å². The van der Waals surface area contributed by atoms with E-state index >= 15 is 0 Å². The second kappa shape index (κ2) is 11.9. The van der Waals surface area contributed by atoms with Crippen molar-refractivity contribution in [2.24, 2.45) is 0 Å². The number of aryl methyl sites for hydroxylation is 1. The molecule has 0 aliphatic heterocycles. The quantitative estimate of drug-likeness (QED) is 0.394. The molecule has 0 aliphatic carbocycles. The molecule has 0 saturated carbocycles. The number of carbonyl (C=O) groups is 1. The molecule has 3 rings (SSSR count). The Labute approximate surface area is 204 Å². The third-order valence-electron chi connectivity index (χ3n) is 5.01. The lowest BCUT2D eigenvalue weighted by Gasteiger charge is -2.24. The van der Waals surface area contributed by atoms with E-state index in [4.69, 9.17) is 4.74 Å². The maximum atomic E-state index is 13.3. The molecule has 6 nitrogen and oxygen atoms in total. The molecule has 0 unspecified atom stereocenters. The van der Waals surface area contributed by atoms with Gasteiger partial charge < -0.3 is 10.1 Å². The third kappa shape index (κ3) is 6.98. The number of amides is 1. The number of nitrogens with one attached hydrogen (secondary N) is 1. The first-order valence-electron chi connectivity index (χ1n) is 10.6. The molecule has 1 N–H and O–H groups in total. The fourth-order valence-electron chi connectivity index (χ4n) is 3.12. The number of halogens is 1. The molecule has 0 aliphatic rings. The summed E-state index contributed by atoms with van der Waals surface area (Å²) in [5.41, 5.74) is 2.71. The first-order valence-corrected chi connectivity index (χ1v) is 13.2. The molecule has 3 aromatic rings. The SMILES string of the molecule is COc1ccc(N(CC(=O)NCCSCc2ccc(C)cc2)S(=O)(=O)c2ccc(F)cc2)cc1. The van der Waals surface area contributed by atoms with Gasteiger partial charge in [0.05, 0.1) is 17.7 Å². The van der Waals surface area contributed by atoms with Crippen LogP contribution in [0.5, 0.6) is 5.75 Å². The van der Waals surface area contributed by atoms with Crippen molar-refractivity contribution in [3.8, 4) is 5.75 Å². The van der Waals surface area contributed by atoms with Crippen LogP contribution in [0.15, 0.2) is 77.7 Å². The summed E-state index contributed by atoms with van der Waals surface area (Å²) in [5, 5.41) is 2.78. The molecule has 9 heteroatoms. The van der Waals surface area contributed by atoms with Gasteiger partial charge in [-0.05, 0) is 61.0 Å². The number of anilines is 1. The van der Waals surface area contributed by atoms with E-state index in [9.17, 15) is 17.6 Å². The minimum Gasteiger partial charge on any atom is -0.497 e. The van der Waals surface area contributed by atoms with Gasteiger partial charge in [0.15, 0.2) is 0 Å². The van der Waals surface area contributed by atoms with Crippen LogP contribution >= 0.6 is 11.8 Å². The van der Waals surface area contributed by atoms with E-state index < -0.39 is 28.3 Å². The van der Waals surface area contributed by atoms with Crippen molar-refractivity contribution >= 4 is 33.4 Å². The van der Waals surface area contributed by atoms with Gasteiger partial charge in [0, 0.05) is 18.1 Å². The lowest BCUT2D eigenvalue weighted by Crippen LogP contribution is -2.41. The molecule has 0 atom stereocenters. The van der Waals surface area contributed by atoms with Crippen molar-refractivity contribution in [1.29, 1.82) is 0 Å². The lowest BCUT2D eigenvalue weighted by atomic mass is 10.2. The molecular weight excluding hydrogens is 475 g/mol. The van der Waals surface area contributed by atoms with Crippen molar-refractivity contribution < 1.29 is 22.3 Å². The number of hydrogen-bond acceptors (Lipinski definition) is 5. The highest BCUT2D eigenvalue weighted by molar-refractivity contribution is 7.98. The van der Waals surface area contributed by atoms with Crippen LogP contribution in [-0.2, 0) is 20.6 Å². The van der Waals surface area contributed by atoms with Gasteiger partial charge in [-0.15, -0.1) is 0 Å². The lowest BCUT2D eigenvalue weighted by molar-refractivity contribution is -0.119. The summed E-state index contributed by atoms with van der Waals surface area (Å²) in [4.78, 5) is 12.5. The second-order valence-electron chi connectivity index (χ2n) is 7.55. The minimum absolute atomic E-state index is 0.105. The maximum Gasteiger partial charge on any atom is 0.264 e. The van der Waals surface area contributed by atoms with Gasteiger partial charge in [-0.3, -0.25) is 9.10 Å². The monoisotopic (exact) mass is 502 g/mol. The first-order chi connectivity index (χ1) is 16.3. The summed E-state index contributed by atoms with van der Waals surface area (Å²) in [7, 11) is -2.59. The van der Waals surface area contributed by atoms with Gasteiger partial charge in [-0.1, -0.05) is 29.8 Å². The molecule has 0 spiro atoms. The van der Waals surface area contributed by atoms with E-state index in [2.05, 4.69) is 29.6 Å². The van der Waals surface area contributed by atoms with Crippen LogP contribution in [0.1, 0.15) is 11.1 Å². The largest absolute Gasteiger partial charge is 0.497 e. The smallest absolute Gasteiger partial charge is 0.264 e. The Bertz CT molecular complexity index is 1180. The highest BCUT2D eigenvalue weighted by atomic mass is 32.2. The third-order valence-corrected chi connectivity index (χ3v) is 7.83. The standard InChI is InChI=1S/C25H27FN2O4S2/c1-19-3-5-20(6-4-19)18-33-16-15-27-25(29)17-28(22-9-11-23(32-2)12-10-22)34(30,31)24-13-7-21(26)8-14-24/h3-14H,15-18H2,1-2H3,(H,27,29). The van der Waals surface area contributed by atoms with E-state index in [1.165, 1.54) is 30.4 Å². The predicted octanol–water partition coefficient (Wildman–Crippen LogP) is 4.39. The molecular formula is C25H27FN2O4S2. The number of nitrogens with zero attached hydrogens (tertiary/aromatic N) is 1. The average Bonchev–Trinajstić information content (AvgIpc) is 2.84. The molecule has 0 radical (unpaired) electrons. The van der Waals surface area contributed by atoms with Crippen molar-refractivity contribution in [2.45, 2.75) is 17.6 Å². The summed E-state index contributed by atoms with van der Waals surface area (Å²) >= 11 is 1.68. The van der Waals surface area contributed by atoms with Crippen LogP contribution in [0.4, 0.5) is 10.1 Å². The normalized spacial score (nSPS) is 11.1. The molecule has 180 valence electrons. The highest BCUT2D eigenvalue weighted by Crippen LogP contribution is 2.26. The molecule has 0 aromatic heterocycles. The molecule has 0 fully saturated rings. The average molecular weight is 503 g/mol. The molecule has 0 bridgehead atoms. The molecule has 1 amide bonds. The topological polar surface area (TPSA) is 75.7 Å². The Morgan fingerprint density at radius 2 is 1.65 bits per heavy atom. The first kappa shape index (κ1) is 25.6. The number of hydrogen-bond donors (Lipinski definition) is 1. The zero-order chi connectivity index (χ0) is 24.6. The Morgan fingerprint density at radius 3 is 2.26 bits per heavy atom. The van der Waals surface area contributed by atoms with Crippen LogP contribution in [-0.4, -0.2) is 40.3 Å². The summed E-state index contributed by atoms with van der Waals surface area (Å²) in [5.74, 6) is 1.09. The fraction of sp³-hybridized carbons (Fsp3) is 0.240. The Kier molecular flexibility index (Phi) is 8.95.